The Balaban J connectivity index is 0.00000144. The van der Waals surface area contributed by atoms with Crippen molar-refractivity contribution in [3.8, 4) is 0 Å². The second-order valence-electron chi connectivity index (χ2n) is 5.36. The number of amides is 1. The highest BCUT2D eigenvalue weighted by Gasteiger charge is 2.26. The highest BCUT2D eigenvalue weighted by Crippen LogP contribution is 2.18. The van der Waals surface area contributed by atoms with Crippen molar-refractivity contribution in [2.75, 3.05) is 19.6 Å². The molecule has 2 rings (SSSR count). The molecule has 2 atom stereocenters. The van der Waals surface area contributed by atoms with E-state index in [0.29, 0.717) is 5.91 Å². The van der Waals surface area contributed by atoms with Crippen LogP contribution in [0.4, 0.5) is 0 Å². The summed E-state index contributed by atoms with van der Waals surface area (Å²) in [6.07, 6.45) is 7.10. The van der Waals surface area contributed by atoms with E-state index in [4.69, 9.17) is 0 Å². The van der Waals surface area contributed by atoms with Crippen molar-refractivity contribution in [3.05, 3.63) is 0 Å². The fourth-order valence-corrected chi connectivity index (χ4v) is 2.77. The zero-order valence-electron chi connectivity index (χ0n) is 10.8. The van der Waals surface area contributed by atoms with Crippen molar-refractivity contribution in [2.45, 2.75) is 51.5 Å². The molecule has 0 spiro atoms. The van der Waals surface area contributed by atoms with Gasteiger partial charge in [-0.15, -0.1) is 12.4 Å². The van der Waals surface area contributed by atoms with Crippen LogP contribution in [0.25, 0.3) is 0 Å². The monoisotopic (exact) mass is 260 g/mol. The van der Waals surface area contributed by atoms with Gasteiger partial charge in [0.05, 0.1) is 6.04 Å². The summed E-state index contributed by atoms with van der Waals surface area (Å²) in [5.74, 6) is 1.14. The van der Waals surface area contributed by atoms with Gasteiger partial charge in [0, 0.05) is 13.1 Å². The third-order valence-electron chi connectivity index (χ3n) is 3.94. The fraction of sp³-hybridized carbons (Fsp3) is 0.923. The molecule has 0 aromatic rings. The van der Waals surface area contributed by atoms with Crippen molar-refractivity contribution in [3.63, 3.8) is 0 Å². The summed E-state index contributed by atoms with van der Waals surface area (Å²) >= 11 is 0. The molecule has 1 N–H and O–H groups in total. The highest BCUT2D eigenvalue weighted by atomic mass is 35.5. The smallest absolute Gasteiger partial charge is 0.239 e. The van der Waals surface area contributed by atoms with E-state index in [0.717, 1.165) is 32.0 Å². The third-order valence-corrected chi connectivity index (χ3v) is 3.94. The topological polar surface area (TPSA) is 32.3 Å². The van der Waals surface area contributed by atoms with Gasteiger partial charge in [-0.1, -0.05) is 13.3 Å². The number of likely N-dealkylation sites (tertiary alicyclic amines) is 1. The van der Waals surface area contributed by atoms with E-state index in [1.54, 1.807) is 0 Å². The van der Waals surface area contributed by atoms with Gasteiger partial charge in [0.2, 0.25) is 5.91 Å². The number of nitrogens with zero attached hydrogens (tertiary/aromatic N) is 1. The SMILES string of the molecule is CC1CCCN(C(=O)C2CCCCN2)CC1.Cl. The van der Waals surface area contributed by atoms with Crippen molar-refractivity contribution < 1.29 is 4.79 Å². The fourth-order valence-electron chi connectivity index (χ4n) is 2.77. The summed E-state index contributed by atoms with van der Waals surface area (Å²) in [4.78, 5) is 14.4. The molecular weight excluding hydrogens is 236 g/mol. The number of hydrogen-bond donors (Lipinski definition) is 1. The zero-order valence-corrected chi connectivity index (χ0v) is 11.6. The van der Waals surface area contributed by atoms with Gasteiger partial charge in [-0.25, -0.2) is 0 Å². The number of carbonyl (C=O) groups is 1. The molecule has 0 radical (unpaired) electrons. The van der Waals surface area contributed by atoms with Gasteiger partial charge >= 0.3 is 0 Å². The molecule has 0 bridgehead atoms. The molecule has 0 aromatic carbocycles. The van der Waals surface area contributed by atoms with Crippen LogP contribution in [0.1, 0.15) is 45.4 Å². The lowest BCUT2D eigenvalue weighted by atomic mass is 10.0. The van der Waals surface area contributed by atoms with Crippen LogP contribution in [-0.4, -0.2) is 36.5 Å². The minimum absolute atomic E-state index is 0. The van der Waals surface area contributed by atoms with Crippen LogP contribution < -0.4 is 5.32 Å². The number of piperidine rings is 1. The van der Waals surface area contributed by atoms with Gasteiger partial charge < -0.3 is 10.2 Å². The summed E-state index contributed by atoms with van der Waals surface area (Å²) in [7, 11) is 0. The quantitative estimate of drug-likeness (QED) is 0.784. The Kier molecular flexibility index (Phi) is 6.28. The molecule has 2 fully saturated rings. The van der Waals surface area contributed by atoms with Crippen LogP contribution in [0.5, 0.6) is 0 Å². The Morgan fingerprint density at radius 2 is 1.94 bits per heavy atom. The van der Waals surface area contributed by atoms with E-state index >= 15 is 0 Å². The normalized spacial score (nSPS) is 30.3. The highest BCUT2D eigenvalue weighted by molar-refractivity contribution is 5.85. The molecule has 0 aromatic heterocycles. The molecule has 1 amide bonds. The van der Waals surface area contributed by atoms with Crippen molar-refractivity contribution >= 4 is 18.3 Å². The second-order valence-corrected chi connectivity index (χ2v) is 5.36. The van der Waals surface area contributed by atoms with Crippen LogP contribution in [0.15, 0.2) is 0 Å². The first-order valence-corrected chi connectivity index (χ1v) is 6.79. The summed E-state index contributed by atoms with van der Waals surface area (Å²) in [6, 6.07) is 0.113. The average Bonchev–Trinajstić information content (AvgIpc) is 2.54. The van der Waals surface area contributed by atoms with Gasteiger partial charge in [-0.05, 0) is 44.6 Å². The second kappa shape index (κ2) is 7.22. The molecule has 3 nitrogen and oxygen atoms in total. The van der Waals surface area contributed by atoms with E-state index in [2.05, 4.69) is 17.1 Å². The summed E-state index contributed by atoms with van der Waals surface area (Å²) in [6.45, 7) is 5.26. The predicted octanol–water partition coefficient (Wildman–Crippen LogP) is 2.20. The zero-order chi connectivity index (χ0) is 11.4. The lowest BCUT2D eigenvalue weighted by Crippen LogP contribution is -2.48. The minimum atomic E-state index is 0. The third kappa shape index (κ3) is 4.14. The van der Waals surface area contributed by atoms with Gasteiger partial charge in [-0.2, -0.15) is 0 Å². The molecule has 2 aliphatic heterocycles. The number of rotatable bonds is 1. The number of nitrogens with one attached hydrogen (secondary N) is 1. The van der Waals surface area contributed by atoms with E-state index in [-0.39, 0.29) is 18.4 Å². The number of carbonyl (C=O) groups excluding carboxylic acids is 1. The molecule has 4 heteroatoms. The number of hydrogen-bond acceptors (Lipinski definition) is 2. The maximum atomic E-state index is 12.3. The van der Waals surface area contributed by atoms with Gasteiger partial charge in [0.25, 0.3) is 0 Å². The maximum absolute atomic E-state index is 12.3. The molecule has 100 valence electrons. The maximum Gasteiger partial charge on any atom is 0.239 e. The van der Waals surface area contributed by atoms with Crippen LogP contribution in [-0.2, 0) is 4.79 Å². The van der Waals surface area contributed by atoms with Crippen molar-refractivity contribution in [1.82, 2.24) is 10.2 Å². The van der Waals surface area contributed by atoms with Gasteiger partial charge in [-0.3, -0.25) is 4.79 Å². The van der Waals surface area contributed by atoms with Crippen LogP contribution in [0, 0.1) is 5.92 Å². The van der Waals surface area contributed by atoms with Crippen molar-refractivity contribution in [2.24, 2.45) is 5.92 Å². The summed E-state index contributed by atoms with van der Waals surface area (Å²) < 4.78 is 0. The van der Waals surface area contributed by atoms with E-state index in [1.807, 2.05) is 0 Å². The molecule has 0 aliphatic carbocycles. The predicted molar refractivity (Wildman–Crippen MR) is 72.5 cm³/mol. The molecule has 17 heavy (non-hydrogen) atoms. The van der Waals surface area contributed by atoms with Crippen LogP contribution in [0.2, 0.25) is 0 Å². The largest absolute Gasteiger partial charge is 0.341 e. The average molecular weight is 261 g/mol. The molecular formula is C13H25ClN2O. The minimum Gasteiger partial charge on any atom is -0.341 e. The Hall–Kier alpha value is -0.280. The van der Waals surface area contributed by atoms with Crippen molar-refractivity contribution in [1.29, 1.82) is 0 Å². The number of halogens is 1. The standard InChI is InChI=1S/C13H24N2O.ClH/c1-11-5-4-9-15(10-7-11)13(16)12-6-2-3-8-14-12;/h11-12,14H,2-10H2,1H3;1H. The van der Waals surface area contributed by atoms with Gasteiger partial charge in [0.1, 0.15) is 0 Å². The molecule has 2 unspecified atom stereocenters. The Bertz CT molecular complexity index is 242. The first-order valence-electron chi connectivity index (χ1n) is 6.79. The van der Waals surface area contributed by atoms with E-state index in [1.165, 1.54) is 32.1 Å². The lowest BCUT2D eigenvalue weighted by molar-refractivity contribution is -0.134. The Morgan fingerprint density at radius 1 is 1.12 bits per heavy atom. The Morgan fingerprint density at radius 3 is 2.65 bits per heavy atom. The first-order chi connectivity index (χ1) is 7.77. The Labute approximate surface area is 111 Å². The molecule has 2 saturated heterocycles. The molecule has 2 aliphatic rings. The molecule has 0 saturated carbocycles. The first kappa shape index (κ1) is 14.8. The van der Waals surface area contributed by atoms with Crippen LogP contribution >= 0.6 is 12.4 Å². The van der Waals surface area contributed by atoms with Crippen LogP contribution in [0.3, 0.4) is 0 Å². The van der Waals surface area contributed by atoms with Gasteiger partial charge in [0.15, 0.2) is 0 Å². The molecule has 2 heterocycles. The summed E-state index contributed by atoms with van der Waals surface area (Å²) in [5, 5.41) is 3.36. The van der Waals surface area contributed by atoms with E-state index < -0.39 is 0 Å². The van der Waals surface area contributed by atoms with E-state index in [9.17, 15) is 4.79 Å². The lowest BCUT2D eigenvalue weighted by Gasteiger charge is -2.29. The summed E-state index contributed by atoms with van der Waals surface area (Å²) in [5.41, 5.74) is 0.